The van der Waals surface area contributed by atoms with Gasteiger partial charge in [-0.1, -0.05) is 23.7 Å². The Morgan fingerprint density at radius 3 is 2.56 bits per heavy atom. The van der Waals surface area contributed by atoms with Gasteiger partial charge in [-0.05, 0) is 36.8 Å². The van der Waals surface area contributed by atoms with E-state index in [-0.39, 0.29) is 11.3 Å². The van der Waals surface area contributed by atoms with E-state index in [1.807, 2.05) is 37.3 Å². The van der Waals surface area contributed by atoms with Gasteiger partial charge in [-0.25, -0.2) is 0 Å². The molecule has 2 atom stereocenters. The van der Waals surface area contributed by atoms with E-state index in [0.717, 1.165) is 15.5 Å². The number of rotatable bonds is 4. The maximum absolute atomic E-state index is 6.09. The molecule has 0 saturated carbocycles. The van der Waals surface area contributed by atoms with Crippen LogP contribution < -0.4 is 5.73 Å². The lowest BCUT2D eigenvalue weighted by molar-refractivity contribution is 0.721. The van der Waals surface area contributed by atoms with Crippen LogP contribution in [0.2, 0.25) is 5.02 Å². The second-order valence-corrected chi connectivity index (χ2v) is 5.79. The van der Waals surface area contributed by atoms with Crippen molar-refractivity contribution in [1.29, 1.82) is 0 Å². The molecule has 0 saturated heterocycles. The molecule has 0 amide bonds. The summed E-state index contributed by atoms with van der Waals surface area (Å²) >= 11 is 7.77. The Bertz CT molecular complexity index is 502. The van der Waals surface area contributed by atoms with Crippen molar-refractivity contribution < 1.29 is 0 Å². The molecule has 2 unspecified atom stereocenters. The van der Waals surface area contributed by atoms with Gasteiger partial charge in [0.05, 0.1) is 0 Å². The number of hydrogen-bond acceptors (Lipinski definition) is 3. The number of nitrogens with zero attached hydrogens (tertiary/aromatic N) is 1. The van der Waals surface area contributed by atoms with E-state index in [2.05, 4.69) is 11.1 Å². The normalized spacial score (nSPS) is 14.2. The molecule has 0 spiro atoms. The van der Waals surface area contributed by atoms with Gasteiger partial charge < -0.3 is 5.73 Å². The molecule has 0 fully saturated rings. The Hall–Kier alpha value is -1.03. The first-order valence-electron chi connectivity index (χ1n) is 5.74. The van der Waals surface area contributed by atoms with Crippen LogP contribution in [0.5, 0.6) is 0 Å². The van der Waals surface area contributed by atoms with Gasteiger partial charge in [-0.2, -0.15) is 0 Å². The van der Waals surface area contributed by atoms with Crippen LogP contribution in [0, 0.1) is 0 Å². The van der Waals surface area contributed by atoms with Crippen molar-refractivity contribution in [3.63, 3.8) is 0 Å². The molecule has 18 heavy (non-hydrogen) atoms. The van der Waals surface area contributed by atoms with Crippen molar-refractivity contribution in [2.75, 3.05) is 0 Å². The molecule has 0 aliphatic rings. The fourth-order valence-corrected chi connectivity index (χ4v) is 2.99. The Balaban J connectivity index is 2.24. The van der Waals surface area contributed by atoms with Crippen LogP contribution in [0.4, 0.5) is 0 Å². The number of halogens is 1. The van der Waals surface area contributed by atoms with Crippen LogP contribution in [-0.4, -0.2) is 11.0 Å². The summed E-state index contributed by atoms with van der Waals surface area (Å²) in [6, 6.07) is 11.9. The Labute approximate surface area is 117 Å². The highest BCUT2D eigenvalue weighted by Crippen LogP contribution is 2.37. The number of nitrogens with two attached hydrogens (primary N) is 1. The average Bonchev–Trinajstić information content (AvgIpc) is 2.37. The first kappa shape index (κ1) is 13.4. The zero-order valence-corrected chi connectivity index (χ0v) is 11.7. The van der Waals surface area contributed by atoms with E-state index < -0.39 is 0 Å². The molecular weight excluding hydrogens is 264 g/mol. The lowest BCUT2D eigenvalue weighted by atomic mass is 10.1. The van der Waals surface area contributed by atoms with Crippen LogP contribution >= 0.6 is 23.4 Å². The van der Waals surface area contributed by atoms with Crippen molar-refractivity contribution in [2.45, 2.75) is 23.1 Å². The monoisotopic (exact) mass is 278 g/mol. The third-order valence-electron chi connectivity index (χ3n) is 2.57. The largest absolute Gasteiger partial charge is 0.327 e. The molecule has 0 radical (unpaired) electrons. The summed E-state index contributed by atoms with van der Waals surface area (Å²) in [7, 11) is 0. The first-order chi connectivity index (χ1) is 8.66. The van der Waals surface area contributed by atoms with E-state index in [9.17, 15) is 0 Å². The summed E-state index contributed by atoms with van der Waals surface area (Å²) in [6.07, 6.45) is 3.58. The Morgan fingerprint density at radius 2 is 1.94 bits per heavy atom. The number of hydrogen-bond donors (Lipinski definition) is 1. The highest BCUT2D eigenvalue weighted by atomic mass is 35.5. The van der Waals surface area contributed by atoms with Crippen LogP contribution in [0.15, 0.2) is 53.7 Å². The SMILES string of the molecule is CC(N)C(Sc1ccncc1)c1cccc(Cl)c1. The minimum Gasteiger partial charge on any atom is -0.327 e. The third-order valence-corrected chi connectivity index (χ3v) is 4.30. The van der Waals surface area contributed by atoms with Crippen molar-refractivity contribution >= 4 is 23.4 Å². The quantitative estimate of drug-likeness (QED) is 0.862. The third kappa shape index (κ3) is 3.48. The van der Waals surface area contributed by atoms with Crippen LogP contribution in [-0.2, 0) is 0 Å². The van der Waals surface area contributed by atoms with Crippen LogP contribution in [0.1, 0.15) is 17.7 Å². The van der Waals surface area contributed by atoms with Gasteiger partial charge >= 0.3 is 0 Å². The van der Waals surface area contributed by atoms with Crippen molar-refractivity contribution in [3.8, 4) is 0 Å². The van der Waals surface area contributed by atoms with Gasteiger partial charge in [0.15, 0.2) is 0 Å². The summed E-state index contributed by atoms with van der Waals surface area (Å²) in [5.41, 5.74) is 7.24. The minimum absolute atomic E-state index is 0.0432. The second kappa shape index (κ2) is 6.23. The highest BCUT2D eigenvalue weighted by molar-refractivity contribution is 7.99. The first-order valence-corrected chi connectivity index (χ1v) is 7.00. The van der Waals surface area contributed by atoms with E-state index in [0.29, 0.717) is 0 Å². The lowest BCUT2D eigenvalue weighted by Crippen LogP contribution is -2.22. The van der Waals surface area contributed by atoms with Crippen molar-refractivity contribution in [1.82, 2.24) is 4.98 Å². The molecule has 2 nitrogen and oxygen atoms in total. The van der Waals surface area contributed by atoms with Crippen LogP contribution in [0.3, 0.4) is 0 Å². The van der Waals surface area contributed by atoms with Crippen molar-refractivity contribution in [2.24, 2.45) is 5.73 Å². The zero-order chi connectivity index (χ0) is 13.0. The number of aromatic nitrogens is 1. The topological polar surface area (TPSA) is 38.9 Å². The fraction of sp³-hybridized carbons (Fsp3) is 0.214. The van der Waals surface area contributed by atoms with Gasteiger partial charge in [0, 0.05) is 33.6 Å². The molecule has 1 heterocycles. The molecule has 1 aromatic heterocycles. The van der Waals surface area contributed by atoms with E-state index in [1.165, 1.54) is 0 Å². The molecule has 4 heteroatoms. The van der Waals surface area contributed by atoms with Gasteiger partial charge in [0.25, 0.3) is 0 Å². The molecule has 0 aliphatic carbocycles. The van der Waals surface area contributed by atoms with E-state index in [1.54, 1.807) is 24.2 Å². The Kier molecular flexibility index (Phi) is 4.64. The molecule has 0 bridgehead atoms. The summed E-state index contributed by atoms with van der Waals surface area (Å²) in [5, 5.41) is 0.930. The summed E-state index contributed by atoms with van der Waals surface area (Å²) in [4.78, 5) is 5.18. The van der Waals surface area contributed by atoms with Crippen LogP contribution in [0.25, 0.3) is 0 Å². The van der Waals surface area contributed by atoms with Gasteiger partial charge in [-0.15, -0.1) is 11.8 Å². The average molecular weight is 279 g/mol. The van der Waals surface area contributed by atoms with Crippen molar-refractivity contribution in [3.05, 3.63) is 59.4 Å². The highest BCUT2D eigenvalue weighted by Gasteiger charge is 2.17. The molecular formula is C14H15ClN2S. The molecule has 2 aromatic rings. The van der Waals surface area contributed by atoms with Gasteiger partial charge in [0.1, 0.15) is 0 Å². The smallest absolute Gasteiger partial charge is 0.0493 e. The second-order valence-electron chi connectivity index (χ2n) is 4.14. The predicted octanol–water partition coefficient (Wildman–Crippen LogP) is 3.92. The van der Waals surface area contributed by atoms with E-state index in [4.69, 9.17) is 17.3 Å². The Morgan fingerprint density at radius 1 is 1.22 bits per heavy atom. The number of pyridine rings is 1. The molecule has 1 aromatic carbocycles. The fourth-order valence-electron chi connectivity index (χ4n) is 1.73. The zero-order valence-electron chi connectivity index (χ0n) is 10.1. The summed E-state index contributed by atoms with van der Waals surface area (Å²) < 4.78 is 0. The lowest BCUT2D eigenvalue weighted by Gasteiger charge is -2.21. The molecule has 0 aliphatic heterocycles. The summed E-state index contributed by atoms with van der Waals surface area (Å²) in [5.74, 6) is 0. The minimum atomic E-state index is 0.0432. The van der Waals surface area contributed by atoms with Gasteiger partial charge in [-0.3, -0.25) is 4.98 Å². The molecule has 2 rings (SSSR count). The maximum atomic E-state index is 6.09. The predicted molar refractivity (Wildman–Crippen MR) is 77.9 cm³/mol. The molecule has 2 N–H and O–H groups in total. The molecule has 94 valence electrons. The van der Waals surface area contributed by atoms with Gasteiger partial charge in [0.2, 0.25) is 0 Å². The number of thioether (sulfide) groups is 1. The number of benzene rings is 1. The maximum Gasteiger partial charge on any atom is 0.0493 e. The standard InChI is InChI=1S/C14H15ClN2S/c1-10(16)14(11-3-2-4-12(15)9-11)18-13-5-7-17-8-6-13/h2-10,14H,16H2,1H3. The summed E-state index contributed by atoms with van der Waals surface area (Å²) in [6.45, 7) is 2.01. The van der Waals surface area contributed by atoms with E-state index >= 15 is 0 Å².